The molecule has 0 aliphatic rings. The number of rotatable bonds is 4. The molecule has 2 aromatic carbocycles. The third kappa shape index (κ3) is 3.12. The lowest BCUT2D eigenvalue weighted by Crippen LogP contribution is -2.19. The van der Waals surface area contributed by atoms with Gasteiger partial charge >= 0.3 is 0 Å². The number of nitrogens with zero attached hydrogens (tertiary/aromatic N) is 3. The highest BCUT2D eigenvalue weighted by Gasteiger charge is 2.09. The van der Waals surface area contributed by atoms with Crippen LogP contribution in [0.4, 0.5) is 5.69 Å². The maximum Gasteiger partial charge on any atom is 0.246 e. The smallest absolute Gasteiger partial charge is 0.246 e. The molecular weight excluding hydrogens is 280 g/mol. The molecule has 6 heteroatoms. The molecule has 1 atom stereocenters. The van der Waals surface area contributed by atoms with Crippen molar-refractivity contribution in [3.05, 3.63) is 54.4 Å². The molecule has 1 amide bonds. The molecule has 0 aliphatic heterocycles. The molecule has 112 valence electrons. The molecule has 1 aromatic heterocycles. The Bertz CT molecular complexity index is 811. The number of fused-ring (bicyclic) bond motifs is 1. The minimum atomic E-state index is -0.697. The summed E-state index contributed by atoms with van der Waals surface area (Å²) >= 11 is 0. The third-order valence-electron chi connectivity index (χ3n) is 3.32. The van der Waals surface area contributed by atoms with Crippen LogP contribution < -0.4 is 5.32 Å². The number of aliphatic hydroxyl groups excluding tert-OH is 1. The van der Waals surface area contributed by atoms with Crippen LogP contribution in [-0.4, -0.2) is 26.0 Å². The van der Waals surface area contributed by atoms with Crippen molar-refractivity contribution in [2.75, 3.05) is 5.32 Å². The first-order valence-electron chi connectivity index (χ1n) is 6.98. The van der Waals surface area contributed by atoms with E-state index in [1.54, 1.807) is 13.1 Å². The lowest BCUT2D eigenvalue weighted by Gasteiger charge is -2.06. The molecule has 22 heavy (non-hydrogen) atoms. The molecule has 3 aromatic rings. The average Bonchev–Trinajstić information content (AvgIpc) is 2.95. The second-order valence-corrected chi connectivity index (χ2v) is 5.13. The van der Waals surface area contributed by atoms with E-state index in [1.165, 1.54) is 4.68 Å². The number of anilines is 1. The second-order valence-electron chi connectivity index (χ2n) is 5.13. The summed E-state index contributed by atoms with van der Waals surface area (Å²) in [6.45, 7) is 1.65. The van der Waals surface area contributed by atoms with Gasteiger partial charge in [-0.15, -0.1) is 5.10 Å². The van der Waals surface area contributed by atoms with Crippen LogP contribution in [-0.2, 0) is 11.3 Å². The van der Waals surface area contributed by atoms with Crippen molar-refractivity contribution < 1.29 is 9.90 Å². The van der Waals surface area contributed by atoms with Crippen LogP contribution in [0.3, 0.4) is 0 Å². The Hall–Kier alpha value is -2.73. The summed E-state index contributed by atoms with van der Waals surface area (Å²) in [4.78, 5) is 12.0. The van der Waals surface area contributed by atoms with Crippen LogP contribution in [0.1, 0.15) is 18.7 Å². The molecular formula is C16H16N4O2. The summed E-state index contributed by atoms with van der Waals surface area (Å²) in [5.74, 6) is -0.197. The number of hydrogen-bond acceptors (Lipinski definition) is 4. The quantitative estimate of drug-likeness (QED) is 0.773. The van der Waals surface area contributed by atoms with Gasteiger partial charge in [-0.25, -0.2) is 4.68 Å². The summed E-state index contributed by atoms with van der Waals surface area (Å²) < 4.78 is 1.40. The highest BCUT2D eigenvalue weighted by molar-refractivity contribution is 5.94. The number of carbonyl (C=O) groups excluding carboxylic acids is 1. The van der Waals surface area contributed by atoms with Crippen molar-refractivity contribution in [2.24, 2.45) is 0 Å². The monoisotopic (exact) mass is 296 g/mol. The first kappa shape index (κ1) is 14.2. The van der Waals surface area contributed by atoms with Gasteiger partial charge in [0.05, 0.1) is 12.3 Å². The van der Waals surface area contributed by atoms with Crippen LogP contribution in [0.5, 0.6) is 0 Å². The van der Waals surface area contributed by atoms with E-state index in [4.69, 9.17) is 0 Å². The van der Waals surface area contributed by atoms with E-state index in [0.29, 0.717) is 5.69 Å². The van der Waals surface area contributed by atoms with Gasteiger partial charge in [-0.2, -0.15) is 0 Å². The van der Waals surface area contributed by atoms with E-state index in [2.05, 4.69) is 15.6 Å². The van der Waals surface area contributed by atoms with Crippen LogP contribution >= 0.6 is 0 Å². The van der Waals surface area contributed by atoms with Crippen molar-refractivity contribution >= 4 is 22.4 Å². The highest BCUT2D eigenvalue weighted by Crippen LogP contribution is 2.18. The molecule has 0 spiro atoms. The fraction of sp³-hybridized carbons (Fsp3) is 0.188. The minimum Gasteiger partial charge on any atom is -0.387 e. The van der Waals surface area contributed by atoms with E-state index < -0.39 is 6.10 Å². The van der Waals surface area contributed by atoms with Gasteiger partial charge in [-0.05, 0) is 29.8 Å². The van der Waals surface area contributed by atoms with Crippen LogP contribution in [0, 0.1) is 0 Å². The van der Waals surface area contributed by atoms with E-state index in [1.807, 2.05) is 42.5 Å². The molecule has 2 N–H and O–H groups in total. The number of nitrogens with one attached hydrogen (secondary N) is 1. The van der Waals surface area contributed by atoms with Gasteiger partial charge in [0.2, 0.25) is 5.91 Å². The zero-order valence-corrected chi connectivity index (χ0v) is 12.1. The first-order valence-corrected chi connectivity index (χ1v) is 6.98. The lowest BCUT2D eigenvalue weighted by atomic mass is 10.1. The fourth-order valence-corrected chi connectivity index (χ4v) is 2.20. The molecule has 6 nitrogen and oxygen atoms in total. The number of aromatic nitrogens is 3. The van der Waals surface area contributed by atoms with Gasteiger partial charge in [0.1, 0.15) is 12.2 Å². The molecule has 1 unspecified atom stereocenters. The Morgan fingerprint density at radius 3 is 2.77 bits per heavy atom. The van der Waals surface area contributed by atoms with E-state index in [-0.39, 0.29) is 12.5 Å². The van der Waals surface area contributed by atoms with Crippen molar-refractivity contribution in [1.82, 2.24) is 15.0 Å². The number of aliphatic hydroxyl groups is 1. The third-order valence-corrected chi connectivity index (χ3v) is 3.32. The largest absolute Gasteiger partial charge is 0.387 e. The van der Waals surface area contributed by atoms with Gasteiger partial charge < -0.3 is 10.4 Å². The van der Waals surface area contributed by atoms with Crippen LogP contribution in [0.2, 0.25) is 0 Å². The van der Waals surface area contributed by atoms with E-state index in [0.717, 1.165) is 16.5 Å². The highest BCUT2D eigenvalue weighted by atomic mass is 16.3. The predicted octanol–water partition coefficient (Wildman–Crippen LogP) is 2.12. The molecule has 0 saturated carbocycles. The summed E-state index contributed by atoms with van der Waals surface area (Å²) in [5.41, 5.74) is 1.18. The molecule has 0 saturated heterocycles. The van der Waals surface area contributed by atoms with Crippen molar-refractivity contribution in [3.8, 4) is 0 Å². The minimum absolute atomic E-state index is 0.0482. The van der Waals surface area contributed by atoms with Gasteiger partial charge in [-0.3, -0.25) is 4.79 Å². The summed E-state index contributed by atoms with van der Waals surface area (Å²) in [7, 11) is 0. The van der Waals surface area contributed by atoms with Gasteiger partial charge in [0, 0.05) is 5.69 Å². The van der Waals surface area contributed by atoms with Crippen molar-refractivity contribution in [3.63, 3.8) is 0 Å². The first-order chi connectivity index (χ1) is 10.6. The SMILES string of the molecule is CC(O)c1cn(CC(=O)Nc2ccc3ccccc3c2)nn1. The maximum atomic E-state index is 12.0. The standard InChI is InChI=1S/C16H16N4O2/c1-11(21)15-9-20(19-18-15)10-16(22)17-14-7-6-12-4-2-3-5-13(12)8-14/h2-9,11,21H,10H2,1H3,(H,17,22). The summed E-state index contributed by atoms with van der Waals surface area (Å²) in [5, 5.41) is 22.0. The van der Waals surface area contributed by atoms with E-state index >= 15 is 0 Å². The predicted molar refractivity (Wildman–Crippen MR) is 83.2 cm³/mol. The van der Waals surface area contributed by atoms with E-state index in [9.17, 15) is 9.90 Å². The molecule has 3 rings (SSSR count). The number of amides is 1. The Morgan fingerprint density at radius 2 is 2.05 bits per heavy atom. The Labute approximate surface area is 127 Å². The molecule has 0 aliphatic carbocycles. The molecule has 1 heterocycles. The number of benzene rings is 2. The van der Waals surface area contributed by atoms with Crippen molar-refractivity contribution in [2.45, 2.75) is 19.6 Å². The van der Waals surface area contributed by atoms with Crippen molar-refractivity contribution in [1.29, 1.82) is 0 Å². The maximum absolute atomic E-state index is 12.0. The summed E-state index contributed by atoms with van der Waals surface area (Å²) in [6.07, 6.45) is 0.863. The Balaban J connectivity index is 1.69. The topological polar surface area (TPSA) is 80.0 Å². The fourth-order valence-electron chi connectivity index (χ4n) is 2.20. The molecule has 0 fully saturated rings. The van der Waals surface area contributed by atoms with Gasteiger partial charge in [0.15, 0.2) is 0 Å². The molecule has 0 radical (unpaired) electrons. The van der Waals surface area contributed by atoms with Gasteiger partial charge in [0.25, 0.3) is 0 Å². The van der Waals surface area contributed by atoms with Gasteiger partial charge in [-0.1, -0.05) is 35.5 Å². The summed E-state index contributed by atoms with van der Waals surface area (Å²) in [6, 6.07) is 13.7. The lowest BCUT2D eigenvalue weighted by molar-refractivity contribution is -0.116. The van der Waals surface area contributed by atoms with Crippen LogP contribution in [0.25, 0.3) is 10.8 Å². The second kappa shape index (κ2) is 5.95. The normalized spacial score (nSPS) is 12.3. The number of carbonyl (C=O) groups is 1. The zero-order chi connectivity index (χ0) is 15.5. The average molecular weight is 296 g/mol. The molecule has 0 bridgehead atoms. The zero-order valence-electron chi connectivity index (χ0n) is 12.1. The Morgan fingerprint density at radius 1 is 1.27 bits per heavy atom. The van der Waals surface area contributed by atoms with Crippen LogP contribution in [0.15, 0.2) is 48.7 Å². The number of hydrogen-bond donors (Lipinski definition) is 2. The Kier molecular flexibility index (Phi) is 3.84.